The van der Waals surface area contributed by atoms with Gasteiger partial charge in [0.15, 0.2) is 0 Å². The lowest BCUT2D eigenvalue weighted by molar-refractivity contribution is -0.114. The average Bonchev–Trinajstić information content (AvgIpc) is 3.10. The minimum Gasteiger partial charge on any atom is -0.490 e. The number of carbonyl (C=O) groups excluding carboxylic acids is 1. The number of ether oxygens (including phenoxy) is 2. The van der Waals surface area contributed by atoms with Gasteiger partial charge in [-0.3, -0.25) is 9.69 Å². The molecular formula is C24H29ClN2O4. The van der Waals surface area contributed by atoms with Crippen molar-refractivity contribution < 1.29 is 19.4 Å². The summed E-state index contributed by atoms with van der Waals surface area (Å²) >= 11 is 6.05. The molecule has 31 heavy (non-hydrogen) atoms. The molecule has 3 atom stereocenters. The molecule has 0 bridgehead atoms. The number of hydrogen-bond acceptors (Lipinski definition) is 5. The van der Waals surface area contributed by atoms with Gasteiger partial charge < -0.3 is 19.9 Å². The van der Waals surface area contributed by atoms with Crippen molar-refractivity contribution in [2.75, 3.05) is 18.4 Å². The number of nitrogens with one attached hydrogen (secondary N) is 1. The Balaban J connectivity index is 1.31. The summed E-state index contributed by atoms with van der Waals surface area (Å²) in [5.41, 5.74) is 0.629. The normalized spacial score (nSPS) is 24.7. The van der Waals surface area contributed by atoms with Gasteiger partial charge in [0.2, 0.25) is 5.91 Å². The number of amides is 1. The lowest BCUT2D eigenvalue weighted by Gasteiger charge is -2.37. The highest BCUT2D eigenvalue weighted by atomic mass is 35.5. The second kappa shape index (κ2) is 9.90. The lowest BCUT2D eigenvalue weighted by Crippen LogP contribution is -2.49. The van der Waals surface area contributed by atoms with Crippen LogP contribution in [-0.2, 0) is 4.79 Å². The summed E-state index contributed by atoms with van der Waals surface area (Å²) in [5.74, 6) is 1.25. The van der Waals surface area contributed by atoms with Gasteiger partial charge in [-0.25, -0.2) is 0 Å². The lowest BCUT2D eigenvalue weighted by atomic mass is 10.0. The van der Waals surface area contributed by atoms with Crippen LogP contribution in [0.15, 0.2) is 48.5 Å². The highest BCUT2D eigenvalue weighted by Gasteiger charge is 2.41. The van der Waals surface area contributed by atoms with Gasteiger partial charge in [0.05, 0.1) is 5.69 Å². The quantitative estimate of drug-likeness (QED) is 0.701. The monoisotopic (exact) mass is 444 g/mol. The third kappa shape index (κ3) is 5.50. The smallest absolute Gasteiger partial charge is 0.221 e. The second-order valence-corrected chi connectivity index (χ2v) is 8.72. The maximum atomic E-state index is 11.4. The van der Waals surface area contributed by atoms with Gasteiger partial charge >= 0.3 is 0 Å². The summed E-state index contributed by atoms with van der Waals surface area (Å²) in [6, 6.07) is 14.9. The molecule has 7 heteroatoms. The minimum atomic E-state index is -0.573. The molecule has 1 saturated carbocycles. The number of hydrogen-bond donors (Lipinski definition) is 2. The van der Waals surface area contributed by atoms with E-state index in [9.17, 15) is 9.90 Å². The number of halogens is 1. The number of nitrogens with zero attached hydrogens (tertiary/aromatic N) is 1. The molecule has 0 radical (unpaired) electrons. The van der Waals surface area contributed by atoms with E-state index in [2.05, 4.69) is 10.2 Å². The van der Waals surface area contributed by atoms with E-state index in [4.69, 9.17) is 21.1 Å². The maximum Gasteiger partial charge on any atom is 0.221 e. The van der Waals surface area contributed by atoms with Crippen molar-refractivity contribution in [1.82, 2.24) is 4.90 Å². The number of aliphatic hydroxyl groups excluding tert-OH is 1. The molecule has 2 aromatic rings. The van der Waals surface area contributed by atoms with Gasteiger partial charge in [-0.05, 0) is 56.0 Å². The molecule has 1 aliphatic carbocycles. The van der Waals surface area contributed by atoms with Crippen molar-refractivity contribution in [1.29, 1.82) is 0 Å². The first-order valence-corrected chi connectivity index (χ1v) is 11.2. The van der Waals surface area contributed by atoms with Crippen LogP contribution in [0.5, 0.6) is 11.5 Å². The summed E-state index contributed by atoms with van der Waals surface area (Å²) in [6.45, 7) is 3.22. The van der Waals surface area contributed by atoms with E-state index in [1.807, 2.05) is 42.5 Å². The minimum absolute atomic E-state index is 0.0741. The molecule has 0 unspecified atom stereocenters. The first kappa shape index (κ1) is 21.9. The van der Waals surface area contributed by atoms with Crippen molar-refractivity contribution >= 4 is 23.2 Å². The molecule has 6 nitrogen and oxygen atoms in total. The number of anilines is 1. The summed E-state index contributed by atoms with van der Waals surface area (Å²) < 4.78 is 12.2. The fraction of sp³-hybridized carbons (Fsp3) is 0.458. The Morgan fingerprint density at radius 3 is 2.58 bits per heavy atom. The zero-order chi connectivity index (χ0) is 21.8. The Labute approximate surface area is 188 Å². The summed E-state index contributed by atoms with van der Waals surface area (Å²) in [5, 5.41) is 14.4. The van der Waals surface area contributed by atoms with Crippen molar-refractivity contribution in [3.8, 4) is 11.5 Å². The summed E-state index contributed by atoms with van der Waals surface area (Å²) in [4.78, 5) is 13.8. The highest BCUT2D eigenvalue weighted by Crippen LogP contribution is 2.33. The third-order valence-electron chi connectivity index (χ3n) is 6.04. The number of piperidine rings is 1. The number of aliphatic hydroxyl groups is 1. The van der Waals surface area contributed by atoms with Gasteiger partial charge in [0, 0.05) is 31.1 Å². The van der Waals surface area contributed by atoms with Crippen LogP contribution in [0.3, 0.4) is 0 Å². The molecule has 0 spiro atoms. The van der Waals surface area contributed by atoms with Crippen LogP contribution < -0.4 is 14.8 Å². The predicted molar refractivity (Wildman–Crippen MR) is 121 cm³/mol. The number of likely N-dealkylation sites (tertiary alicyclic amines) is 1. The van der Waals surface area contributed by atoms with Crippen LogP contribution in [0.4, 0.5) is 5.69 Å². The third-order valence-corrected chi connectivity index (χ3v) is 6.28. The number of benzene rings is 2. The first-order valence-electron chi connectivity index (χ1n) is 10.9. The summed E-state index contributed by atoms with van der Waals surface area (Å²) in [7, 11) is 0. The SMILES string of the molecule is CC(=O)Nc1ccccc1O[C@H]1CC[C@@H](N2CCC(Oc3cccc(Cl)c3)CC2)[C@@H]1O. The molecule has 2 N–H and O–H groups in total. The van der Waals surface area contributed by atoms with Crippen molar-refractivity contribution in [3.63, 3.8) is 0 Å². The highest BCUT2D eigenvalue weighted by molar-refractivity contribution is 6.30. The van der Waals surface area contributed by atoms with E-state index >= 15 is 0 Å². The molecule has 4 rings (SSSR count). The number of carbonyl (C=O) groups is 1. The number of para-hydroxylation sites is 2. The van der Waals surface area contributed by atoms with E-state index in [-0.39, 0.29) is 24.2 Å². The standard InChI is InChI=1S/C24H29ClN2O4/c1-16(28)26-20-7-2-3-8-22(20)31-23-10-9-21(24(23)29)27-13-11-18(12-14-27)30-19-6-4-5-17(25)15-19/h2-8,15,18,21,23-24,29H,9-14H2,1H3,(H,26,28)/t21-,23+,24+/m1/s1. The predicted octanol–water partition coefficient (Wildman–Crippen LogP) is 4.11. The molecule has 2 aliphatic rings. The Morgan fingerprint density at radius 1 is 1.06 bits per heavy atom. The van der Waals surface area contributed by atoms with E-state index < -0.39 is 6.10 Å². The molecule has 2 fully saturated rings. The van der Waals surface area contributed by atoms with Crippen LogP contribution in [-0.4, -0.2) is 53.4 Å². The van der Waals surface area contributed by atoms with Crippen LogP contribution in [0, 0.1) is 0 Å². The number of rotatable bonds is 6. The fourth-order valence-electron chi connectivity index (χ4n) is 4.53. The zero-order valence-corrected chi connectivity index (χ0v) is 18.4. The largest absolute Gasteiger partial charge is 0.490 e. The van der Waals surface area contributed by atoms with Gasteiger partial charge in [-0.1, -0.05) is 29.8 Å². The molecule has 2 aromatic carbocycles. The Kier molecular flexibility index (Phi) is 7.00. The van der Waals surface area contributed by atoms with Gasteiger partial charge in [0.1, 0.15) is 29.8 Å². The first-order chi connectivity index (χ1) is 15.0. The molecule has 1 saturated heterocycles. The molecule has 0 aromatic heterocycles. The van der Waals surface area contributed by atoms with Crippen LogP contribution >= 0.6 is 11.6 Å². The van der Waals surface area contributed by atoms with E-state index in [1.165, 1.54) is 6.92 Å². The van der Waals surface area contributed by atoms with E-state index in [0.29, 0.717) is 16.5 Å². The van der Waals surface area contributed by atoms with Crippen molar-refractivity contribution in [3.05, 3.63) is 53.6 Å². The Bertz CT molecular complexity index is 901. The second-order valence-electron chi connectivity index (χ2n) is 8.28. The van der Waals surface area contributed by atoms with Gasteiger partial charge in [0.25, 0.3) is 0 Å². The average molecular weight is 445 g/mol. The van der Waals surface area contributed by atoms with Gasteiger partial charge in [-0.2, -0.15) is 0 Å². The zero-order valence-electron chi connectivity index (χ0n) is 17.7. The maximum absolute atomic E-state index is 11.4. The molecular weight excluding hydrogens is 416 g/mol. The van der Waals surface area contributed by atoms with Crippen molar-refractivity contribution in [2.45, 2.75) is 57.0 Å². The van der Waals surface area contributed by atoms with E-state index in [1.54, 1.807) is 6.07 Å². The molecule has 1 aliphatic heterocycles. The fourth-order valence-corrected chi connectivity index (χ4v) is 4.72. The topological polar surface area (TPSA) is 71.0 Å². The van der Waals surface area contributed by atoms with Gasteiger partial charge in [-0.15, -0.1) is 0 Å². The molecule has 1 heterocycles. The van der Waals surface area contributed by atoms with Crippen LogP contribution in [0.1, 0.15) is 32.6 Å². The summed E-state index contributed by atoms with van der Waals surface area (Å²) in [6.07, 6.45) is 2.77. The Morgan fingerprint density at radius 2 is 1.84 bits per heavy atom. The van der Waals surface area contributed by atoms with Crippen LogP contribution in [0.25, 0.3) is 0 Å². The van der Waals surface area contributed by atoms with E-state index in [0.717, 1.165) is 44.5 Å². The van der Waals surface area contributed by atoms with Crippen molar-refractivity contribution in [2.24, 2.45) is 0 Å². The molecule has 166 valence electrons. The Hall–Kier alpha value is -2.28. The molecule has 1 amide bonds. The van der Waals surface area contributed by atoms with Crippen LogP contribution in [0.2, 0.25) is 5.02 Å².